The number of rotatable bonds is 3. The lowest BCUT2D eigenvalue weighted by molar-refractivity contribution is 0.144. The fourth-order valence-electron chi connectivity index (χ4n) is 2.18. The van der Waals surface area contributed by atoms with E-state index in [-0.39, 0.29) is 17.1 Å². The number of nitrogens with one attached hydrogen (secondary N) is 1. The van der Waals surface area contributed by atoms with E-state index in [1.54, 1.807) is 12.4 Å². The lowest BCUT2D eigenvalue weighted by Crippen LogP contribution is -2.32. The Morgan fingerprint density at radius 1 is 1.28 bits per heavy atom. The van der Waals surface area contributed by atoms with Gasteiger partial charge in [-0.15, -0.1) is 0 Å². The van der Waals surface area contributed by atoms with E-state index in [4.69, 9.17) is 18.0 Å². The molecule has 0 aliphatic heterocycles. The third-order valence-corrected chi connectivity index (χ3v) is 3.43. The Labute approximate surface area is 112 Å². The van der Waals surface area contributed by atoms with Gasteiger partial charge in [0, 0.05) is 0 Å². The summed E-state index contributed by atoms with van der Waals surface area (Å²) in [5, 5.41) is 13.2. The molecule has 0 bridgehead atoms. The maximum Gasteiger partial charge on any atom is 0.144 e. The van der Waals surface area contributed by atoms with Gasteiger partial charge in [0.25, 0.3) is 0 Å². The van der Waals surface area contributed by atoms with Crippen LogP contribution in [0, 0.1) is 0 Å². The van der Waals surface area contributed by atoms with E-state index in [9.17, 15) is 5.11 Å². The molecule has 1 heterocycles. The molecule has 1 fully saturated rings. The van der Waals surface area contributed by atoms with Crippen molar-refractivity contribution in [3.05, 3.63) is 18.1 Å². The Balaban J connectivity index is 2.01. The van der Waals surface area contributed by atoms with Gasteiger partial charge in [-0.3, -0.25) is 0 Å². The molecule has 2 atom stereocenters. The normalized spacial score (nSPS) is 24.3. The Hall–Kier alpha value is -1.27. The second-order valence-electron chi connectivity index (χ2n) is 4.61. The van der Waals surface area contributed by atoms with Crippen LogP contribution in [0.4, 0.5) is 5.82 Å². The predicted molar refractivity (Wildman–Crippen MR) is 74.4 cm³/mol. The second kappa shape index (κ2) is 6.06. The first kappa shape index (κ1) is 13.2. The highest BCUT2D eigenvalue weighted by atomic mass is 32.1. The molecule has 0 spiro atoms. The van der Waals surface area contributed by atoms with Gasteiger partial charge in [-0.1, -0.05) is 31.5 Å². The Kier molecular flexibility index (Phi) is 4.43. The van der Waals surface area contributed by atoms with Gasteiger partial charge in [0.05, 0.1) is 24.5 Å². The van der Waals surface area contributed by atoms with Crippen molar-refractivity contribution in [2.75, 3.05) is 5.32 Å². The number of thiocarbonyl (C=S) groups is 1. The molecule has 2 unspecified atom stereocenters. The largest absolute Gasteiger partial charge is 0.391 e. The molecule has 1 saturated carbocycles. The molecule has 4 N–H and O–H groups in total. The fourth-order valence-corrected chi connectivity index (χ4v) is 2.28. The number of aliphatic hydroxyl groups is 1. The lowest BCUT2D eigenvalue weighted by Gasteiger charge is -2.22. The van der Waals surface area contributed by atoms with Gasteiger partial charge in [0.1, 0.15) is 16.5 Å². The average molecular weight is 266 g/mol. The number of aromatic nitrogens is 2. The van der Waals surface area contributed by atoms with Crippen LogP contribution in [0.3, 0.4) is 0 Å². The predicted octanol–water partition coefficient (Wildman–Crippen LogP) is 1.22. The molecule has 98 valence electrons. The summed E-state index contributed by atoms with van der Waals surface area (Å²) in [5.41, 5.74) is 5.97. The summed E-state index contributed by atoms with van der Waals surface area (Å²) in [6, 6.07) is 0.0532. The van der Waals surface area contributed by atoms with E-state index < -0.39 is 0 Å². The van der Waals surface area contributed by atoms with Crippen molar-refractivity contribution in [1.82, 2.24) is 9.97 Å². The highest BCUT2D eigenvalue weighted by Gasteiger charge is 2.21. The molecule has 5 nitrogen and oxygen atoms in total. The number of aliphatic hydroxyl groups excluding tert-OH is 1. The van der Waals surface area contributed by atoms with E-state index >= 15 is 0 Å². The number of hydrogen-bond acceptors (Lipinski definition) is 5. The molecular formula is C12H18N4OS. The van der Waals surface area contributed by atoms with Crippen LogP contribution in [0.15, 0.2) is 12.4 Å². The quantitative estimate of drug-likeness (QED) is 0.563. The minimum atomic E-state index is -0.315. The van der Waals surface area contributed by atoms with Gasteiger partial charge < -0.3 is 16.2 Å². The zero-order valence-electron chi connectivity index (χ0n) is 10.2. The number of nitrogens with two attached hydrogens (primary N) is 1. The summed E-state index contributed by atoms with van der Waals surface area (Å²) < 4.78 is 0. The van der Waals surface area contributed by atoms with Gasteiger partial charge >= 0.3 is 0 Å². The standard InChI is InChI=1S/C12H18N4OS/c13-12(18)9-6-15-11(7-14-9)16-8-4-2-1-3-5-10(8)17/h6-8,10,17H,1-5H2,(H2,13,18)(H,15,16). The molecule has 0 amide bonds. The number of hydrogen-bond donors (Lipinski definition) is 3. The lowest BCUT2D eigenvalue weighted by atomic mass is 10.1. The van der Waals surface area contributed by atoms with E-state index in [2.05, 4.69) is 15.3 Å². The monoisotopic (exact) mass is 266 g/mol. The summed E-state index contributed by atoms with van der Waals surface area (Å²) in [7, 11) is 0. The van der Waals surface area contributed by atoms with Crippen molar-refractivity contribution in [3.63, 3.8) is 0 Å². The Bertz CT molecular complexity index is 409. The Morgan fingerprint density at radius 2 is 2.06 bits per heavy atom. The van der Waals surface area contributed by atoms with Crippen molar-refractivity contribution in [1.29, 1.82) is 0 Å². The molecule has 1 aromatic rings. The van der Waals surface area contributed by atoms with Gasteiger partial charge in [-0.05, 0) is 12.8 Å². The molecule has 0 aromatic carbocycles. The first-order valence-electron chi connectivity index (χ1n) is 6.23. The number of nitrogens with zero attached hydrogens (tertiary/aromatic N) is 2. The minimum Gasteiger partial charge on any atom is -0.391 e. The first-order chi connectivity index (χ1) is 8.66. The molecule has 18 heavy (non-hydrogen) atoms. The van der Waals surface area contributed by atoms with Crippen LogP contribution in [0.5, 0.6) is 0 Å². The number of anilines is 1. The van der Waals surface area contributed by atoms with Crippen LogP contribution in [0.2, 0.25) is 0 Å². The van der Waals surface area contributed by atoms with Crippen molar-refractivity contribution in [3.8, 4) is 0 Å². The zero-order valence-corrected chi connectivity index (χ0v) is 11.0. The highest BCUT2D eigenvalue weighted by Crippen LogP contribution is 2.20. The molecule has 0 radical (unpaired) electrons. The van der Waals surface area contributed by atoms with Gasteiger partial charge in [0.15, 0.2) is 0 Å². The summed E-state index contributed by atoms with van der Waals surface area (Å²) in [4.78, 5) is 8.57. The van der Waals surface area contributed by atoms with Crippen LogP contribution in [0.1, 0.15) is 37.8 Å². The van der Waals surface area contributed by atoms with Gasteiger partial charge in [-0.25, -0.2) is 9.97 Å². The smallest absolute Gasteiger partial charge is 0.144 e. The van der Waals surface area contributed by atoms with Crippen molar-refractivity contribution >= 4 is 23.0 Å². The van der Waals surface area contributed by atoms with Crippen molar-refractivity contribution < 1.29 is 5.11 Å². The first-order valence-corrected chi connectivity index (χ1v) is 6.64. The van der Waals surface area contributed by atoms with Gasteiger partial charge in [0.2, 0.25) is 0 Å². The van der Waals surface area contributed by atoms with E-state index in [1.165, 1.54) is 6.42 Å². The van der Waals surface area contributed by atoms with Crippen LogP contribution in [0.25, 0.3) is 0 Å². The highest BCUT2D eigenvalue weighted by molar-refractivity contribution is 7.80. The molecular weight excluding hydrogens is 248 g/mol. The molecule has 1 aliphatic rings. The van der Waals surface area contributed by atoms with Crippen LogP contribution in [-0.2, 0) is 0 Å². The second-order valence-corrected chi connectivity index (χ2v) is 5.05. The van der Waals surface area contributed by atoms with Crippen LogP contribution >= 0.6 is 12.2 Å². The van der Waals surface area contributed by atoms with Crippen molar-refractivity contribution in [2.24, 2.45) is 5.73 Å². The molecule has 1 aliphatic carbocycles. The fraction of sp³-hybridized carbons (Fsp3) is 0.583. The average Bonchev–Trinajstić information content (AvgIpc) is 2.56. The third-order valence-electron chi connectivity index (χ3n) is 3.22. The van der Waals surface area contributed by atoms with Gasteiger partial charge in [-0.2, -0.15) is 0 Å². The van der Waals surface area contributed by atoms with Crippen LogP contribution < -0.4 is 11.1 Å². The molecule has 0 saturated heterocycles. The summed E-state index contributed by atoms with van der Waals surface area (Å²) in [6.45, 7) is 0. The molecule has 1 aromatic heterocycles. The van der Waals surface area contributed by atoms with E-state index in [0.717, 1.165) is 25.7 Å². The van der Waals surface area contributed by atoms with E-state index in [0.29, 0.717) is 11.5 Å². The maximum atomic E-state index is 10.0. The molecule has 6 heteroatoms. The third kappa shape index (κ3) is 3.36. The minimum absolute atomic E-state index is 0.0532. The van der Waals surface area contributed by atoms with Crippen molar-refractivity contribution in [2.45, 2.75) is 44.2 Å². The Morgan fingerprint density at radius 3 is 2.72 bits per heavy atom. The maximum absolute atomic E-state index is 10.0. The SMILES string of the molecule is NC(=S)c1cnc(NC2CCCCCC2O)cn1. The summed E-state index contributed by atoms with van der Waals surface area (Å²) in [5.74, 6) is 0.654. The van der Waals surface area contributed by atoms with E-state index in [1.807, 2.05) is 0 Å². The molecule has 2 rings (SSSR count). The van der Waals surface area contributed by atoms with Crippen LogP contribution in [-0.4, -0.2) is 32.2 Å². The summed E-state index contributed by atoms with van der Waals surface area (Å²) >= 11 is 4.82. The zero-order chi connectivity index (χ0) is 13.0. The summed E-state index contributed by atoms with van der Waals surface area (Å²) in [6.07, 6.45) is 8.04. The topological polar surface area (TPSA) is 84.1 Å².